The summed E-state index contributed by atoms with van der Waals surface area (Å²) in [5, 5.41) is 5.90. The SMILES string of the molecule is O=C(CNc1ccccc1Cl)Nc1ccc(Br)cc1F. The van der Waals surface area contributed by atoms with Gasteiger partial charge in [0.05, 0.1) is 22.9 Å². The molecule has 0 heterocycles. The van der Waals surface area contributed by atoms with Crippen LogP contribution in [0.5, 0.6) is 0 Å². The smallest absolute Gasteiger partial charge is 0.243 e. The van der Waals surface area contributed by atoms with Crippen molar-refractivity contribution in [2.75, 3.05) is 17.2 Å². The minimum absolute atomic E-state index is 0.000757. The second kappa shape index (κ2) is 6.72. The van der Waals surface area contributed by atoms with E-state index < -0.39 is 5.82 Å². The first-order valence-electron chi connectivity index (χ1n) is 5.79. The van der Waals surface area contributed by atoms with Gasteiger partial charge in [0.15, 0.2) is 0 Å². The molecule has 0 saturated heterocycles. The van der Waals surface area contributed by atoms with Gasteiger partial charge in [0.2, 0.25) is 5.91 Å². The number of para-hydroxylation sites is 1. The molecular weight excluding hydrogens is 347 g/mol. The van der Waals surface area contributed by atoms with Crippen LogP contribution in [-0.2, 0) is 4.79 Å². The summed E-state index contributed by atoms with van der Waals surface area (Å²) in [6.07, 6.45) is 0. The molecule has 2 aromatic carbocycles. The lowest BCUT2D eigenvalue weighted by molar-refractivity contribution is -0.114. The molecule has 3 nitrogen and oxygen atoms in total. The summed E-state index contributed by atoms with van der Waals surface area (Å²) < 4.78 is 14.2. The Morgan fingerprint density at radius 1 is 1.20 bits per heavy atom. The number of amides is 1. The third kappa shape index (κ3) is 3.95. The van der Waals surface area contributed by atoms with Crippen molar-refractivity contribution in [3.05, 3.63) is 57.8 Å². The fourth-order valence-corrected chi connectivity index (χ4v) is 2.10. The highest BCUT2D eigenvalue weighted by Crippen LogP contribution is 2.21. The van der Waals surface area contributed by atoms with Gasteiger partial charge < -0.3 is 10.6 Å². The average molecular weight is 358 g/mol. The normalized spacial score (nSPS) is 10.2. The van der Waals surface area contributed by atoms with Crippen LogP contribution in [0.2, 0.25) is 5.02 Å². The van der Waals surface area contributed by atoms with Crippen LogP contribution in [-0.4, -0.2) is 12.5 Å². The van der Waals surface area contributed by atoms with E-state index in [2.05, 4.69) is 26.6 Å². The molecule has 2 rings (SSSR count). The highest BCUT2D eigenvalue weighted by molar-refractivity contribution is 9.10. The summed E-state index contributed by atoms with van der Waals surface area (Å²) in [4.78, 5) is 11.7. The van der Waals surface area contributed by atoms with E-state index in [0.717, 1.165) is 0 Å². The van der Waals surface area contributed by atoms with E-state index in [-0.39, 0.29) is 18.1 Å². The van der Waals surface area contributed by atoms with Gasteiger partial charge >= 0.3 is 0 Å². The molecule has 2 N–H and O–H groups in total. The Labute approximate surface area is 129 Å². The van der Waals surface area contributed by atoms with Crippen LogP contribution >= 0.6 is 27.5 Å². The standard InChI is InChI=1S/C14H11BrClFN2O/c15-9-5-6-13(11(17)7-9)19-14(20)8-18-12-4-2-1-3-10(12)16/h1-7,18H,8H2,(H,19,20). The van der Waals surface area contributed by atoms with E-state index in [1.807, 2.05) is 0 Å². The van der Waals surface area contributed by atoms with E-state index in [4.69, 9.17) is 11.6 Å². The van der Waals surface area contributed by atoms with Gasteiger partial charge in [0.1, 0.15) is 5.82 Å². The number of hydrogen-bond acceptors (Lipinski definition) is 2. The molecule has 6 heteroatoms. The minimum Gasteiger partial charge on any atom is -0.375 e. The van der Waals surface area contributed by atoms with Crippen LogP contribution in [0, 0.1) is 5.82 Å². The first-order valence-corrected chi connectivity index (χ1v) is 6.96. The quantitative estimate of drug-likeness (QED) is 0.857. The number of nitrogens with one attached hydrogen (secondary N) is 2. The predicted molar refractivity (Wildman–Crippen MR) is 82.7 cm³/mol. The zero-order chi connectivity index (χ0) is 14.5. The number of benzene rings is 2. The molecule has 0 aromatic heterocycles. The summed E-state index contributed by atoms with van der Waals surface area (Å²) >= 11 is 9.10. The fourth-order valence-electron chi connectivity index (χ4n) is 1.57. The number of rotatable bonds is 4. The monoisotopic (exact) mass is 356 g/mol. The van der Waals surface area contributed by atoms with Crippen LogP contribution in [0.15, 0.2) is 46.9 Å². The highest BCUT2D eigenvalue weighted by atomic mass is 79.9. The van der Waals surface area contributed by atoms with Crippen molar-refractivity contribution >= 4 is 44.8 Å². The van der Waals surface area contributed by atoms with Crippen molar-refractivity contribution in [1.29, 1.82) is 0 Å². The molecule has 0 saturated carbocycles. The van der Waals surface area contributed by atoms with Gasteiger partial charge in [-0.05, 0) is 30.3 Å². The lowest BCUT2D eigenvalue weighted by Gasteiger charge is -2.09. The van der Waals surface area contributed by atoms with Crippen molar-refractivity contribution in [2.45, 2.75) is 0 Å². The number of anilines is 2. The average Bonchev–Trinajstić information content (AvgIpc) is 2.41. The van der Waals surface area contributed by atoms with E-state index in [1.54, 1.807) is 30.3 Å². The van der Waals surface area contributed by atoms with Gasteiger partial charge in [0.25, 0.3) is 0 Å². The third-order valence-corrected chi connectivity index (χ3v) is 3.34. The number of hydrogen-bond donors (Lipinski definition) is 2. The van der Waals surface area contributed by atoms with Crippen molar-refractivity contribution in [3.8, 4) is 0 Å². The molecule has 0 aliphatic rings. The third-order valence-electron chi connectivity index (χ3n) is 2.52. The van der Waals surface area contributed by atoms with Crippen molar-refractivity contribution in [2.24, 2.45) is 0 Å². The summed E-state index contributed by atoms with van der Waals surface area (Å²) in [6.45, 7) is -0.000757. The summed E-state index contributed by atoms with van der Waals surface area (Å²) in [5.41, 5.74) is 0.791. The van der Waals surface area contributed by atoms with Crippen LogP contribution < -0.4 is 10.6 Å². The van der Waals surface area contributed by atoms with E-state index in [1.165, 1.54) is 12.1 Å². The number of carbonyl (C=O) groups is 1. The first-order chi connectivity index (χ1) is 9.56. The second-order valence-electron chi connectivity index (χ2n) is 4.01. The first kappa shape index (κ1) is 14.8. The van der Waals surface area contributed by atoms with Crippen LogP contribution in [0.4, 0.5) is 15.8 Å². The molecule has 1 amide bonds. The Bertz CT molecular complexity index is 636. The fraction of sp³-hybridized carbons (Fsp3) is 0.0714. The Kier molecular flexibility index (Phi) is 4.98. The van der Waals surface area contributed by atoms with Gasteiger partial charge in [0, 0.05) is 4.47 Å². The topological polar surface area (TPSA) is 41.1 Å². The van der Waals surface area contributed by atoms with Crippen molar-refractivity contribution in [3.63, 3.8) is 0 Å². The van der Waals surface area contributed by atoms with Gasteiger partial charge in [-0.3, -0.25) is 4.79 Å². The molecule has 0 spiro atoms. The van der Waals surface area contributed by atoms with Crippen molar-refractivity contribution in [1.82, 2.24) is 0 Å². The van der Waals surface area contributed by atoms with E-state index >= 15 is 0 Å². The lowest BCUT2D eigenvalue weighted by atomic mass is 10.3. The molecule has 0 unspecified atom stereocenters. The van der Waals surface area contributed by atoms with Gasteiger partial charge in [-0.25, -0.2) is 4.39 Å². The molecule has 104 valence electrons. The number of halogens is 3. The highest BCUT2D eigenvalue weighted by Gasteiger charge is 2.08. The predicted octanol–water partition coefficient (Wildman–Crippen LogP) is 4.29. The van der Waals surface area contributed by atoms with E-state index in [0.29, 0.717) is 15.2 Å². The lowest BCUT2D eigenvalue weighted by Crippen LogP contribution is -2.22. The maximum atomic E-state index is 13.6. The largest absolute Gasteiger partial charge is 0.375 e. The minimum atomic E-state index is -0.495. The van der Waals surface area contributed by atoms with Crippen LogP contribution in [0.1, 0.15) is 0 Å². The summed E-state index contributed by atoms with van der Waals surface area (Å²) in [6, 6.07) is 11.5. The molecule has 0 aliphatic carbocycles. The van der Waals surface area contributed by atoms with Crippen LogP contribution in [0.25, 0.3) is 0 Å². The van der Waals surface area contributed by atoms with Gasteiger partial charge in [-0.15, -0.1) is 0 Å². The van der Waals surface area contributed by atoms with Crippen LogP contribution in [0.3, 0.4) is 0 Å². The molecule has 0 aliphatic heterocycles. The summed E-state index contributed by atoms with van der Waals surface area (Å²) in [7, 11) is 0. The number of carbonyl (C=O) groups excluding carboxylic acids is 1. The molecule has 2 aromatic rings. The maximum Gasteiger partial charge on any atom is 0.243 e. The maximum absolute atomic E-state index is 13.6. The summed E-state index contributed by atoms with van der Waals surface area (Å²) in [5.74, 6) is -0.850. The van der Waals surface area contributed by atoms with Gasteiger partial charge in [-0.1, -0.05) is 39.7 Å². The van der Waals surface area contributed by atoms with Crippen molar-refractivity contribution < 1.29 is 9.18 Å². The zero-order valence-corrected chi connectivity index (χ0v) is 12.6. The van der Waals surface area contributed by atoms with E-state index in [9.17, 15) is 9.18 Å². The molecule has 0 atom stereocenters. The second-order valence-corrected chi connectivity index (χ2v) is 5.33. The Hall–Kier alpha value is -1.59. The Balaban J connectivity index is 1.94. The van der Waals surface area contributed by atoms with Gasteiger partial charge in [-0.2, -0.15) is 0 Å². The Morgan fingerprint density at radius 2 is 1.95 bits per heavy atom. The molecule has 0 bridgehead atoms. The Morgan fingerprint density at radius 3 is 2.65 bits per heavy atom. The molecule has 20 heavy (non-hydrogen) atoms. The molecular formula is C14H11BrClFN2O. The molecule has 0 radical (unpaired) electrons. The molecule has 0 fully saturated rings. The zero-order valence-electron chi connectivity index (χ0n) is 10.3.